The molecule has 0 saturated heterocycles. The number of nitrogens with two attached hydrogens (primary N) is 1. The Morgan fingerprint density at radius 1 is 1.11 bits per heavy atom. The van der Waals surface area contributed by atoms with Gasteiger partial charge in [-0.05, 0) is 37.1 Å². The first kappa shape index (κ1) is 14.8. The summed E-state index contributed by atoms with van der Waals surface area (Å²) >= 11 is 0. The second-order valence-corrected chi connectivity index (χ2v) is 4.00. The van der Waals surface area contributed by atoms with E-state index in [9.17, 15) is 0 Å². The van der Waals surface area contributed by atoms with Gasteiger partial charge >= 0.3 is 0 Å². The van der Waals surface area contributed by atoms with Crippen LogP contribution in [0.25, 0.3) is 0 Å². The van der Waals surface area contributed by atoms with Gasteiger partial charge in [-0.3, -0.25) is 0 Å². The Kier molecular flexibility index (Phi) is 7.22. The largest absolute Gasteiger partial charge is 0.399 e. The van der Waals surface area contributed by atoms with E-state index in [4.69, 9.17) is 15.2 Å². The van der Waals surface area contributed by atoms with E-state index in [1.807, 2.05) is 19.1 Å². The molecule has 1 aromatic rings. The number of ether oxygens (including phenoxy) is 2. The molecule has 0 aliphatic heterocycles. The number of nitrogens with one attached hydrogen (secondary N) is 1. The monoisotopic (exact) mass is 252 g/mol. The molecule has 1 aromatic carbocycles. The maximum Gasteiger partial charge on any atom is 0.0701 e. The highest BCUT2D eigenvalue weighted by molar-refractivity contribution is 5.57. The van der Waals surface area contributed by atoms with E-state index in [2.05, 4.69) is 18.3 Å². The molecular weight excluding hydrogens is 228 g/mol. The smallest absolute Gasteiger partial charge is 0.0701 e. The molecule has 4 nitrogen and oxygen atoms in total. The van der Waals surface area contributed by atoms with Crippen molar-refractivity contribution in [3.05, 3.63) is 23.8 Å². The lowest BCUT2D eigenvalue weighted by Crippen LogP contribution is -2.12. The summed E-state index contributed by atoms with van der Waals surface area (Å²) in [5.41, 5.74) is 8.98. The first-order chi connectivity index (χ1) is 8.77. The summed E-state index contributed by atoms with van der Waals surface area (Å²) < 4.78 is 10.6. The summed E-state index contributed by atoms with van der Waals surface area (Å²) in [6.07, 6.45) is 0.951. The minimum Gasteiger partial charge on any atom is -0.399 e. The fraction of sp³-hybridized carbons (Fsp3) is 0.571. The molecule has 3 N–H and O–H groups in total. The lowest BCUT2D eigenvalue weighted by atomic mass is 10.1. The topological polar surface area (TPSA) is 56.5 Å². The highest BCUT2D eigenvalue weighted by Gasteiger charge is 1.98. The lowest BCUT2D eigenvalue weighted by molar-refractivity contribution is 0.0570. The number of benzene rings is 1. The van der Waals surface area contributed by atoms with Gasteiger partial charge in [0.15, 0.2) is 0 Å². The van der Waals surface area contributed by atoms with Gasteiger partial charge in [0.1, 0.15) is 0 Å². The molecular formula is C14H24N2O2. The molecule has 0 aliphatic rings. The highest BCUT2D eigenvalue weighted by Crippen LogP contribution is 2.17. The number of rotatable bonds is 9. The molecule has 1 rings (SSSR count). The molecule has 0 atom stereocenters. The van der Waals surface area contributed by atoms with E-state index >= 15 is 0 Å². The van der Waals surface area contributed by atoms with Crippen LogP contribution >= 0.6 is 0 Å². The molecule has 0 aliphatic carbocycles. The first-order valence-electron chi connectivity index (χ1n) is 6.55. The Balaban J connectivity index is 2.19. The molecule has 0 fully saturated rings. The lowest BCUT2D eigenvalue weighted by Gasteiger charge is -2.10. The van der Waals surface area contributed by atoms with Gasteiger partial charge in [0.2, 0.25) is 0 Å². The van der Waals surface area contributed by atoms with Gasteiger partial charge in [0.25, 0.3) is 0 Å². The summed E-state index contributed by atoms with van der Waals surface area (Å²) in [5, 5.41) is 3.32. The third-order valence-corrected chi connectivity index (χ3v) is 2.68. The number of aryl methyl sites for hydroxylation is 1. The predicted molar refractivity (Wildman–Crippen MR) is 76.0 cm³/mol. The molecule has 0 saturated carbocycles. The molecule has 0 amide bonds. The summed E-state index contributed by atoms with van der Waals surface area (Å²) in [7, 11) is 0. The zero-order chi connectivity index (χ0) is 13.2. The van der Waals surface area contributed by atoms with Crippen LogP contribution in [0.3, 0.4) is 0 Å². The Bertz CT molecular complexity index is 343. The van der Waals surface area contributed by atoms with Crippen LogP contribution in [0.5, 0.6) is 0 Å². The van der Waals surface area contributed by atoms with E-state index in [1.165, 1.54) is 5.56 Å². The summed E-state index contributed by atoms with van der Waals surface area (Å²) in [6.45, 7) is 7.61. The second kappa shape index (κ2) is 8.78. The Morgan fingerprint density at radius 3 is 2.61 bits per heavy atom. The molecule has 4 heteroatoms. The SMILES string of the molecule is CCOCCOCCNc1ccc(N)c(CC)c1. The van der Waals surface area contributed by atoms with Gasteiger partial charge in [-0.25, -0.2) is 0 Å². The van der Waals surface area contributed by atoms with Crippen LogP contribution in [0.1, 0.15) is 19.4 Å². The number of hydrogen-bond acceptors (Lipinski definition) is 4. The highest BCUT2D eigenvalue weighted by atomic mass is 16.5. The second-order valence-electron chi connectivity index (χ2n) is 4.00. The summed E-state index contributed by atoms with van der Waals surface area (Å²) in [6, 6.07) is 6.03. The molecule has 0 bridgehead atoms. The molecule has 0 spiro atoms. The van der Waals surface area contributed by atoms with Crippen molar-refractivity contribution in [3.8, 4) is 0 Å². The van der Waals surface area contributed by atoms with Crippen molar-refractivity contribution >= 4 is 11.4 Å². The molecule has 0 radical (unpaired) electrons. The standard InChI is InChI=1S/C14H24N2O2/c1-3-12-11-13(5-6-14(12)15)16-7-8-18-10-9-17-4-2/h5-6,11,16H,3-4,7-10,15H2,1-2H3. The van der Waals surface area contributed by atoms with Crippen molar-refractivity contribution < 1.29 is 9.47 Å². The summed E-state index contributed by atoms with van der Waals surface area (Å²) in [5.74, 6) is 0. The fourth-order valence-electron chi connectivity index (χ4n) is 1.65. The van der Waals surface area contributed by atoms with Crippen LogP contribution in [0.2, 0.25) is 0 Å². The van der Waals surface area contributed by atoms with E-state index in [0.717, 1.165) is 30.9 Å². The van der Waals surface area contributed by atoms with Crippen molar-refractivity contribution in [2.45, 2.75) is 20.3 Å². The minimum atomic E-state index is 0.650. The van der Waals surface area contributed by atoms with Crippen molar-refractivity contribution in [2.75, 3.05) is 44.0 Å². The molecule has 18 heavy (non-hydrogen) atoms. The van der Waals surface area contributed by atoms with Gasteiger partial charge in [-0.15, -0.1) is 0 Å². The van der Waals surface area contributed by atoms with Crippen LogP contribution in [-0.4, -0.2) is 33.0 Å². The van der Waals surface area contributed by atoms with Crippen LogP contribution in [0.15, 0.2) is 18.2 Å². The quantitative estimate of drug-likeness (QED) is 0.523. The Hall–Kier alpha value is -1.26. The summed E-state index contributed by atoms with van der Waals surface area (Å²) in [4.78, 5) is 0. The van der Waals surface area contributed by atoms with Gasteiger partial charge in [-0.2, -0.15) is 0 Å². The third-order valence-electron chi connectivity index (χ3n) is 2.68. The first-order valence-corrected chi connectivity index (χ1v) is 6.55. The minimum absolute atomic E-state index is 0.650. The van der Waals surface area contributed by atoms with Crippen LogP contribution in [-0.2, 0) is 15.9 Å². The zero-order valence-electron chi connectivity index (χ0n) is 11.4. The normalized spacial score (nSPS) is 10.6. The van der Waals surface area contributed by atoms with Crippen molar-refractivity contribution in [1.82, 2.24) is 0 Å². The number of hydrogen-bond donors (Lipinski definition) is 2. The molecule has 0 heterocycles. The van der Waals surface area contributed by atoms with Gasteiger partial charge in [0.05, 0.1) is 19.8 Å². The predicted octanol–water partition coefficient (Wildman–Crippen LogP) is 2.30. The van der Waals surface area contributed by atoms with Crippen LogP contribution < -0.4 is 11.1 Å². The molecule has 102 valence electrons. The van der Waals surface area contributed by atoms with E-state index in [-0.39, 0.29) is 0 Å². The average Bonchev–Trinajstić information content (AvgIpc) is 2.39. The number of anilines is 2. The van der Waals surface area contributed by atoms with Crippen LogP contribution in [0.4, 0.5) is 11.4 Å². The van der Waals surface area contributed by atoms with E-state index in [1.54, 1.807) is 0 Å². The maximum atomic E-state index is 5.86. The maximum absolute atomic E-state index is 5.86. The van der Waals surface area contributed by atoms with Gasteiger partial charge in [-0.1, -0.05) is 6.92 Å². The van der Waals surface area contributed by atoms with Gasteiger partial charge in [0, 0.05) is 24.5 Å². The zero-order valence-corrected chi connectivity index (χ0v) is 11.4. The van der Waals surface area contributed by atoms with E-state index < -0.39 is 0 Å². The van der Waals surface area contributed by atoms with Crippen LogP contribution in [0, 0.1) is 0 Å². The Morgan fingerprint density at radius 2 is 1.89 bits per heavy atom. The molecule has 0 aromatic heterocycles. The average molecular weight is 252 g/mol. The third kappa shape index (κ3) is 5.38. The van der Waals surface area contributed by atoms with Gasteiger partial charge < -0.3 is 20.5 Å². The fourth-order valence-corrected chi connectivity index (χ4v) is 1.65. The van der Waals surface area contributed by atoms with Crippen molar-refractivity contribution in [3.63, 3.8) is 0 Å². The molecule has 0 unspecified atom stereocenters. The number of nitrogen functional groups attached to an aromatic ring is 1. The van der Waals surface area contributed by atoms with Crippen molar-refractivity contribution in [2.24, 2.45) is 0 Å². The van der Waals surface area contributed by atoms with Crippen molar-refractivity contribution in [1.29, 1.82) is 0 Å². The van der Waals surface area contributed by atoms with E-state index in [0.29, 0.717) is 19.8 Å². The Labute approximate surface area is 109 Å².